The molecule has 7 heteroatoms. The predicted octanol–water partition coefficient (Wildman–Crippen LogP) is 0.940. The summed E-state index contributed by atoms with van der Waals surface area (Å²) < 4.78 is 0. The highest BCUT2D eigenvalue weighted by atomic mass is 35.5. The molecule has 0 radical (unpaired) electrons. The third-order valence-corrected chi connectivity index (χ3v) is 2.88. The first-order chi connectivity index (χ1) is 8.16. The van der Waals surface area contributed by atoms with Gasteiger partial charge in [-0.25, -0.2) is 4.98 Å². The van der Waals surface area contributed by atoms with E-state index in [0.29, 0.717) is 11.5 Å². The zero-order valence-corrected chi connectivity index (χ0v) is 12.7. The monoisotopic (exact) mass is 306 g/mol. The molecule has 0 bridgehead atoms. The SMILES string of the molecule is CN(C)c1cc(C(=O)NCC2CNC2)ccn1.Cl.Cl. The Morgan fingerprint density at radius 3 is 2.68 bits per heavy atom. The molecule has 1 aromatic heterocycles. The average molecular weight is 307 g/mol. The Bertz CT molecular complexity index is 410. The Morgan fingerprint density at radius 1 is 1.47 bits per heavy atom. The Hall–Kier alpha value is -1.04. The molecule has 2 rings (SSSR count). The van der Waals surface area contributed by atoms with Gasteiger partial charge in [0.2, 0.25) is 0 Å². The molecule has 1 aliphatic heterocycles. The number of rotatable bonds is 4. The van der Waals surface area contributed by atoms with Crippen molar-refractivity contribution in [3.63, 3.8) is 0 Å². The lowest BCUT2D eigenvalue weighted by atomic mass is 10.0. The van der Waals surface area contributed by atoms with Gasteiger partial charge in [0.1, 0.15) is 5.82 Å². The number of hydrogen-bond acceptors (Lipinski definition) is 4. The van der Waals surface area contributed by atoms with Crippen LogP contribution in [0, 0.1) is 5.92 Å². The van der Waals surface area contributed by atoms with Gasteiger partial charge in [-0.15, -0.1) is 24.8 Å². The number of halogens is 2. The fraction of sp³-hybridized carbons (Fsp3) is 0.500. The normalized spacial score (nSPS) is 13.6. The molecule has 0 spiro atoms. The number of nitrogens with zero attached hydrogens (tertiary/aromatic N) is 2. The molecule has 1 saturated heterocycles. The Morgan fingerprint density at radius 2 is 2.16 bits per heavy atom. The minimum atomic E-state index is -0.0256. The molecule has 1 aliphatic rings. The molecule has 19 heavy (non-hydrogen) atoms. The number of carbonyl (C=O) groups is 1. The molecule has 1 aromatic rings. The van der Waals surface area contributed by atoms with Gasteiger partial charge in [-0.2, -0.15) is 0 Å². The maximum Gasteiger partial charge on any atom is 0.251 e. The third-order valence-electron chi connectivity index (χ3n) is 2.88. The first-order valence-corrected chi connectivity index (χ1v) is 5.79. The summed E-state index contributed by atoms with van der Waals surface area (Å²) in [6.07, 6.45) is 1.66. The van der Waals surface area contributed by atoms with E-state index in [1.807, 2.05) is 19.0 Å². The fourth-order valence-electron chi connectivity index (χ4n) is 1.64. The number of pyridine rings is 1. The van der Waals surface area contributed by atoms with Crippen molar-refractivity contribution >= 4 is 36.5 Å². The summed E-state index contributed by atoms with van der Waals surface area (Å²) in [5, 5.41) is 6.12. The van der Waals surface area contributed by atoms with Crippen LogP contribution in [0.25, 0.3) is 0 Å². The van der Waals surface area contributed by atoms with Crippen LogP contribution in [0.1, 0.15) is 10.4 Å². The maximum atomic E-state index is 11.9. The van der Waals surface area contributed by atoms with Gasteiger partial charge in [0.05, 0.1) is 0 Å². The first-order valence-electron chi connectivity index (χ1n) is 5.79. The molecule has 0 aliphatic carbocycles. The van der Waals surface area contributed by atoms with E-state index < -0.39 is 0 Å². The number of carbonyl (C=O) groups excluding carboxylic acids is 1. The van der Waals surface area contributed by atoms with Crippen LogP contribution in [0.2, 0.25) is 0 Å². The van der Waals surface area contributed by atoms with Crippen LogP contribution in [0.15, 0.2) is 18.3 Å². The van der Waals surface area contributed by atoms with Gasteiger partial charge in [0.15, 0.2) is 0 Å². The zero-order chi connectivity index (χ0) is 12.3. The smallest absolute Gasteiger partial charge is 0.251 e. The van der Waals surface area contributed by atoms with E-state index in [4.69, 9.17) is 0 Å². The molecular weight excluding hydrogens is 287 g/mol. The summed E-state index contributed by atoms with van der Waals surface area (Å²) in [6, 6.07) is 3.54. The van der Waals surface area contributed by atoms with E-state index in [2.05, 4.69) is 15.6 Å². The van der Waals surface area contributed by atoms with Crippen LogP contribution in [-0.4, -0.2) is 44.6 Å². The van der Waals surface area contributed by atoms with Crippen molar-refractivity contribution in [2.45, 2.75) is 0 Å². The van der Waals surface area contributed by atoms with Crippen molar-refractivity contribution in [1.29, 1.82) is 0 Å². The maximum absolute atomic E-state index is 11.9. The van der Waals surface area contributed by atoms with Crippen LogP contribution < -0.4 is 15.5 Å². The van der Waals surface area contributed by atoms with Gasteiger partial charge in [-0.05, 0) is 12.1 Å². The Labute approximate surface area is 126 Å². The van der Waals surface area contributed by atoms with Crippen LogP contribution in [0.3, 0.4) is 0 Å². The molecule has 0 atom stereocenters. The molecule has 2 heterocycles. The third kappa shape index (κ3) is 4.86. The van der Waals surface area contributed by atoms with Gasteiger partial charge in [0.25, 0.3) is 5.91 Å². The van der Waals surface area contributed by atoms with Gasteiger partial charge in [-0.3, -0.25) is 4.79 Å². The van der Waals surface area contributed by atoms with Gasteiger partial charge in [-0.1, -0.05) is 0 Å². The van der Waals surface area contributed by atoms with Crippen molar-refractivity contribution in [1.82, 2.24) is 15.6 Å². The molecule has 2 N–H and O–H groups in total. The Balaban J connectivity index is 0.00000162. The number of hydrogen-bond donors (Lipinski definition) is 2. The van der Waals surface area contributed by atoms with Gasteiger partial charge in [0, 0.05) is 51.4 Å². The van der Waals surface area contributed by atoms with Gasteiger partial charge < -0.3 is 15.5 Å². The summed E-state index contributed by atoms with van der Waals surface area (Å²) in [5.74, 6) is 1.35. The summed E-state index contributed by atoms with van der Waals surface area (Å²) in [7, 11) is 3.81. The number of nitrogens with one attached hydrogen (secondary N) is 2. The number of aromatic nitrogens is 1. The highest BCUT2D eigenvalue weighted by Gasteiger charge is 2.17. The lowest BCUT2D eigenvalue weighted by molar-refractivity contribution is 0.0942. The van der Waals surface area contributed by atoms with Crippen molar-refractivity contribution in [3.05, 3.63) is 23.9 Å². The summed E-state index contributed by atoms with van der Waals surface area (Å²) in [4.78, 5) is 17.9. The predicted molar refractivity (Wildman–Crippen MR) is 81.8 cm³/mol. The van der Waals surface area contributed by atoms with Crippen LogP contribution in [0.5, 0.6) is 0 Å². The van der Waals surface area contributed by atoms with E-state index in [0.717, 1.165) is 25.5 Å². The van der Waals surface area contributed by atoms with Crippen LogP contribution in [0.4, 0.5) is 5.82 Å². The largest absolute Gasteiger partial charge is 0.363 e. The average Bonchev–Trinajstić information content (AvgIpc) is 2.27. The zero-order valence-electron chi connectivity index (χ0n) is 11.0. The lowest BCUT2D eigenvalue weighted by Crippen LogP contribution is -2.48. The second kappa shape index (κ2) is 8.19. The molecular formula is C12H20Cl2N4O. The molecule has 1 fully saturated rings. The molecule has 0 aromatic carbocycles. The minimum Gasteiger partial charge on any atom is -0.363 e. The van der Waals surface area contributed by atoms with E-state index in [1.165, 1.54) is 0 Å². The number of anilines is 1. The van der Waals surface area contributed by atoms with Crippen molar-refractivity contribution in [2.75, 3.05) is 38.6 Å². The summed E-state index contributed by atoms with van der Waals surface area (Å²) >= 11 is 0. The highest BCUT2D eigenvalue weighted by molar-refractivity contribution is 5.94. The summed E-state index contributed by atoms with van der Waals surface area (Å²) in [5.41, 5.74) is 0.663. The molecule has 0 saturated carbocycles. The number of amides is 1. The first kappa shape index (κ1) is 18.0. The van der Waals surface area contributed by atoms with Gasteiger partial charge >= 0.3 is 0 Å². The van der Waals surface area contributed by atoms with Crippen LogP contribution >= 0.6 is 24.8 Å². The van der Waals surface area contributed by atoms with E-state index in [-0.39, 0.29) is 30.7 Å². The van der Waals surface area contributed by atoms with E-state index in [9.17, 15) is 4.79 Å². The minimum absolute atomic E-state index is 0. The van der Waals surface area contributed by atoms with Crippen LogP contribution in [-0.2, 0) is 0 Å². The summed E-state index contributed by atoms with van der Waals surface area (Å²) in [6.45, 7) is 2.74. The second-order valence-electron chi connectivity index (χ2n) is 4.53. The topological polar surface area (TPSA) is 57.3 Å². The van der Waals surface area contributed by atoms with Crippen molar-refractivity contribution in [2.24, 2.45) is 5.92 Å². The van der Waals surface area contributed by atoms with E-state index >= 15 is 0 Å². The lowest BCUT2D eigenvalue weighted by Gasteiger charge is -2.27. The molecule has 5 nitrogen and oxygen atoms in total. The highest BCUT2D eigenvalue weighted by Crippen LogP contribution is 2.09. The quantitative estimate of drug-likeness (QED) is 0.869. The molecule has 1 amide bonds. The fourth-order valence-corrected chi connectivity index (χ4v) is 1.64. The van der Waals surface area contributed by atoms with Crippen molar-refractivity contribution in [3.8, 4) is 0 Å². The van der Waals surface area contributed by atoms with Crippen molar-refractivity contribution < 1.29 is 4.79 Å². The molecule has 0 unspecified atom stereocenters. The van der Waals surface area contributed by atoms with E-state index in [1.54, 1.807) is 18.3 Å². The second-order valence-corrected chi connectivity index (χ2v) is 4.53. The standard InChI is InChI=1S/C12H18N4O.2ClH/c1-16(2)11-5-10(3-4-14-11)12(17)15-8-9-6-13-7-9;;/h3-5,9,13H,6-8H2,1-2H3,(H,15,17);2*1H. The Kier molecular flexibility index (Phi) is 7.75. The molecule has 108 valence electrons.